The van der Waals surface area contributed by atoms with Crippen molar-refractivity contribution in [1.82, 2.24) is 19.1 Å². The maximum absolute atomic E-state index is 12.5. The van der Waals surface area contributed by atoms with Gasteiger partial charge in [0.15, 0.2) is 0 Å². The number of carbonyl (C=O) groups excluding carboxylic acids is 1. The molecule has 0 aliphatic heterocycles. The molecule has 0 saturated carbocycles. The Bertz CT molecular complexity index is 560. The predicted molar refractivity (Wildman–Crippen MR) is 75.1 cm³/mol. The molecular formula is C13H18N4OS. The van der Waals surface area contributed by atoms with Gasteiger partial charge in [0.05, 0.1) is 17.5 Å². The minimum atomic E-state index is 0.0527. The number of hydrogen-bond donors (Lipinski definition) is 0. The van der Waals surface area contributed by atoms with E-state index in [0.717, 1.165) is 24.2 Å². The third-order valence-corrected chi connectivity index (χ3v) is 3.61. The highest BCUT2D eigenvalue weighted by atomic mass is 32.1. The van der Waals surface area contributed by atoms with Crippen LogP contribution in [0.5, 0.6) is 0 Å². The first kappa shape index (κ1) is 13.7. The van der Waals surface area contributed by atoms with Crippen LogP contribution in [0.1, 0.15) is 35.0 Å². The minimum absolute atomic E-state index is 0.0527. The molecule has 0 aromatic carbocycles. The first-order chi connectivity index (χ1) is 9.11. The molecule has 2 aromatic heterocycles. The molecule has 2 aromatic rings. The Kier molecular flexibility index (Phi) is 4.31. The van der Waals surface area contributed by atoms with Crippen LogP contribution in [0.25, 0.3) is 0 Å². The zero-order valence-electron chi connectivity index (χ0n) is 11.5. The summed E-state index contributed by atoms with van der Waals surface area (Å²) in [6, 6.07) is 0. The molecule has 0 aliphatic carbocycles. The van der Waals surface area contributed by atoms with Gasteiger partial charge in [-0.3, -0.25) is 9.48 Å². The standard InChI is InChI=1S/C13H18N4OS/c1-4-5-17(8-11-6-14-16(3)7-11)13(18)12-9-19-15-10(12)2/h6-7,9H,4-5,8H2,1-3H3. The van der Waals surface area contributed by atoms with E-state index in [9.17, 15) is 4.79 Å². The van der Waals surface area contributed by atoms with Crippen LogP contribution in [0.3, 0.4) is 0 Å². The number of aromatic nitrogens is 3. The fourth-order valence-corrected chi connectivity index (χ4v) is 2.65. The molecule has 0 spiro atoms. The second-order valence-electron chi connectivity index (χ2n) is 4.56. The molecule has 2 heterocycles. The van der Waals surface area contributed by atoms with Gasteiger partial charge in [0, 0.05) is 37.3 Å². The summed E-state index contributed by atoms with van der Waals surface area (Å²) < 4.78 is 5.92. The summed E-state index contributed by atoms with van der Waals surface area (Å²) in [5.41, 5.74) is 2.56. The summed E-state index contributed by atoms with van der Waals surface area (Å²) in [6.45, 7) is 5.28. The number of carbonyl (C=O) groups is 1. The summed E-state index contributed by atoms with van der Waals surface area (Å²) in [5.74, 6) is 0.0527. The Hall–Kier alpha value is -1.69. The summed E-state index contributed by atoms with van der Waals surface area (Å²) >= 11 is 1.33. The van der Waals surface area contributed by atoms with Crippen molar-refractivity contribution in [1.29, 1.82) is 0 Å². The lowest BCUT2D eigenvalue weighted by atomic mass is 10.2. The van der Waals surface area contributed by atoms with Crippen LogP contribution in [-0.4, -0.2) is 31.5 Å². The number of hydrogen-bond acceptors (Lipinski definition) is 4. The fourth-order valence-electron chi connectivity index (χ4n) is 1.96. The largest absolute Gasteiger partial charge is 0.334 e. The van der Waals surface area contributed by atoms with E-state index in [1.165, 1.54) is 11.5 Å². The lowest BCUT2D eigenvalue weighted by Crippen LogP contribution is -2.31. The quantitative estimate of drug-likeness (QED) is 0.843. The Morgan fingerprint density at radius 2 is 2.32 bits per heavy atom. The van der Waals surface area contributed by atoms with E-state index in [0.29, 0.717) is 12.1 Å². The minimum Gasteiger partial charge on any atom is -0.334 e. The van der Waals surface area contributed by atoms with Crippen LogP contribution in [0.2, 0.25) is 0 Å². The molecule has 1 amide bonds. The van der Waals surface area contributed by atoms with Crippen LogP contribution < -0.4 is 0 Å². The van der Waals surface area contributed by atoms with Crippen LogP contribution >= 0.6 is 11.5 Å². The van der Waals surface area contributed by atoms with Gasteiger partial charge in [0.2, 0.25) is 0 Å². The Balaban J connectivity index is 2.16. The molecule has 2 rings (SSSR count). The Morgan fingerprint density at radius 3 is 2.84 bits per heavy atom. The topological polar surface area (TPSA) is 51.0 Å². The molecular weight excluding hydrogens is 260 g/mol. The van der Waals surface area contributed by atoms with Gasteiger partial charge in [-0.25, -0.2) is 0 Å². The number of rotatable bonds is 5. The Morgan fingerprint density at radius 1 is 1.53 bits per heavy atom. The lowest BCUT2D eigenvalue weighted by molar-refractivity contribution is 0.0742. The summed E-state index contributed by atoms with van der Waals surface area (Å²) in [4.78, 5) is 14.3. The first-order valence-electron chi connectivity index (χ1n) is 6.29. The number of nitrogens with zero attached hydrogens (tertiary/aromatic N) is 4. The average molecular weight is 278 g/mol. The molecule has 0 fully saturated rings. The van der Waals surface area contributed by atoms with Gasteiger partial charge in [-0.15, -0.1) is 0 Å². The molecule has 0 radical (unpaired) electrons. The van der Waals surface area contributed by atoms with Crippen LogP contribution in [0.4, 0.5) is 0 Å². The number of amides is 1. The van der Waals surface area contributed by atoms with Gasteiger partial charge in [0.1, 0.15) is 0 Å². The van der Waals surface area contributed by atoms with Gasteiger partial charge >= 0.3 is 0 Å². The number of aryl methyl sites for hydroxylation is 2. The van der Waals surface area contributed by atoms with Crippen molar-refractivity contribution in [3.8, 4) is 0 Å². The van der Waals surface area contributed by atoms with Gasteiger partial charge in [-0.2, -0.15) is 9.47 Å². The van der Waals surface area contributed by atoms with E-state index in [4.69, 9.17) is 0 Å². The van der Waals surface area contributed by atoms with E-state index in [1.54, 1.807) is 10.9 Å². The van der Waals surface area contributed by atoms with Crippen molar-refractivity contribution < 1.29 is 4.79 Å². The van der Waals surface area contributed by atoms with Gasteiger partial charge < -0.3 is 4.90 Å². The van der Waals surface area contributed by atoms with Crippen molar-refractivity contribution in [3.05, 3.63) is 34.6 Å². The second kappa shape index (κ2) is 5.97. The van der Waals surface area contributed by atoms with E-state index in [1.807, 2.05) is 30.4 Å². The maximum Gasteiger partial charge on any atom is 0.256 e. The lowest BCUT2D eigenvalue weighted by Gasteiger charge is -2.21. The highest BCUT2D eigenvalue weighted by molar-refractivity contribution is 7.03. The molecule has 0 bridgehead atoms. The molecule has 0 saturated heterocycles. The van der Waals surface area contributed by atoms with Crippen LogP contribution in [0, 0.1) is 6.92 Å². The normalized spacial score (nSPS) is 10.7. The molecule has 0 aliphatic rings. The SMILES string of the molecule is CCCN(Cc1cnn(C)c1)C(=O)c1csnc1C. The smallest absolute Gasteiger partial charge is 0.256 e. The predicted octanol–water partition coefficient (Wildman–Crippen LogP) is 2.24. The summed E-state index contributed by atoms with van der Waals surface area (Å²) in [7, 11) is 1.88. The zero-order chi connectivity index (χ0) is 13.8. The highest BCUT2D eigenvalue weighted by Gasteiger charge is 2.19. The molecule has 0 N–H and O–H groups in total. The van der Waals surface area contributed by atoms with Crippen molar-refractivity contribution >= 4 is 17.4 Å². The maximum atomic E-state index is 12.5. The van der Waals surface area contributed by atoms with E-state index < -0.39 is 0 Å². The van der Waals surface area contributed by atoms with Gasteiger partial charge in [-0.05, 0) is 24.9 Å². The van der Waals surface area contributed by atoms with E-state index >= 15 is 0 Å². The molecule has 6 heteroatoms. The summed E-state index contributed by atoms with van der Waals surface area (Å²) in [6.07, 6.45) is 4.67. The Labute approximate surface area is 117 Å². The second-order valence-corrected chi connectivity index (χ2v) is 5.19. The van der Waals surface area contributed by atoms with Gasteiger partial charge in [-0.1, -0.05) is 6.92 Å². The van der Waals surface area contributed by atoms with E-state index in [2.05, 4.69) is 16.4 Å². The van der Waals surface area contributed by atoms with Crippen molar-refractivity contribution in [3.63, 3.8) is 0 Å². The molecule has 5 nitrogen and oxygen atoms in total. The van der Waals surface area contributed by atoms with Crippen molar-refractivity contribution in [2.24, 2.45) is 7.05 Å². The van der Waals surface area contributed by atoms with Crippen molar-refractivity contribution in [2.75, 3.05) is 6.54 Å². The summed E-state index contributed by atoms with van der Waals surface area (Å²) in [5, 5.41) is 5.96. The third-order valence-electron chi connectivity index (χ3n) is 2.89. The molecule has 0 unspecified atom stereocenters. The van der Waals surface area contributed by atoms with Crippen LogP contribution in [0.15, 0.2) is 17.8 Å². The third kappa shape index (κ3) is 3.20. The monoisotopic (exact) mass is 278 g/mol. The first-order valence-corrected chi connectivity index (χ1v) is 7.13. The fraction of sp³-hybridized carbons (Fsp3) is 0.462. The molecule has 102 valence electrons. The van der Waals surface area contributed by atoms with E-state index in [-0.39, 0.29) is 5.91 Å². The molecule has 19 heavy (non-hydrogen) atoms. The van der Waals surface area contributed by atoms with Crippen molar-refractivity contribution in [2.45, 2.75) is 26.8 Å². The highest BCUT2D eigenvalue weighted by Crippen LogP contribution is 2.15. The average Bonchev–Trinajstić information content (AvgIpc) is 2.97. The zero-order valence-corrected chi connectivity index (χ0v) is 12.3. The molecule has 0 atom stereocenters. The van der Waals surface area contributed by atoms with Crippen LogP contribution in [-0.2, 0) is 13.6 Å². The van der Waals surface area contributed by atoms with Gasteiger partial charge in [0.25, 0.3) is 5.91 Å².